The van der Waals surface area contributed by atoms with E-state index < -0.39 is 15.1 Å². The fraction of sp³-hybridized carbons (Fsp3) is 0.281. The molecule has 0 saturated heterocycles. The van der Waals surface area contributed by atoms with Crippen molar-refractivity contribution in [1.29, 1.82) is 4.78 Å². The number of rotatable bonds is 6. The first-order valence-electron chi connectivity index (χ1n) is 13.7. The molecule has 1 amide bonds. The molecule has 1 aliphatic heterocycles. The Hall–Kier alpha value is -4.22. The molecule has 2 aromatic carbocycles. The summed E-state index contributed by atoms with van der Waals surface area (Å²) in [4.78, 5) is 22.4. The number of aromatic nitrogens is 2. The lowest BCUT2D eigenvalue weighted by Gasteiger charge is -2.27. The van der Waals surface area contributed by atoms with Gasteiger partial charge in [0.15, 0.2) is 0 Å². The van der Waals surface area contributed by atoms with Crippen molar-refractivity contribution in [2.24, 2.45) is 0 Å². The van der Waals surface area contributed by atoms with Crippen LogP contribution in [-0.4, -0.2) is 25.3 Å². The van der Waals surface area contributed by atoms with Crippen molar-refractivity contribution >= 4 is 43.6 Å². The molecule has 1 atom stereocenters. The first-order valence-corrected chi connectivity index (χ1v) is 15.3. The van der Waals surface area contributed by atoms with Crippen molar-refractivity contribution in [2.45, 2.75) is 61.5 Å². The number of nitrogens with zero attached hydrogens (tertiary/aromatic N) is 2. The minimum Gasteiger partial charge on any atom is -0.340 e. The zero-order chi connectivity index (χ0) is 27.9. The van der Waals surface area contributed by atoms with Crippen LogP contribution in [0.3, 0.4) is 0 Å². The number of pyridine rings is 2. The Labute approximate surface area is 234 Å². The Morgan fingerprint density at radius 3 is 2.52 bits per heavy atom. The van der Waals surface area contributed by atoms with Crippen molar-refractivity contribution in [3.63, 3.8) is 0 Å². The standard InChI is InChI=1S/C32H31N5O2S/c1-3-32(4-2)27-14-8-21(18-29(27)37-31(32)38)9-15-28-26-19-30(35-20-22(26)16-17-34-28)36-23-10-12-25(13-11-23)40(33,39)24-6-5-7-24/h8,10-14,16-20,24,33H,3-7H2,1-2H3,(H,35,36)(H,37,38). The maximum absolute atomic E-state index is 12.9. The summed E-state index contributed by atoms with van der Waals surface area (Å²) >= 11 is 0. The third-order valence-electron chi connectivity index (χ3n) is 8.40. The molecule has 3 heterocycles. The van der Waals surface area contributed by atoms with E-state index in [-0.39, 0.29) is 11.2 Å². The number of nitrogens with one attached hydrogen (secondary N) is 3. The lowest BCUT2D eigenvalue weighted by molar-refractivity contribution is -0.121. The smallest absolute Gasteiger partial charge is 0.235 e. The molecule has 8 heteroatoms. The minimum atomic E-state index is -2.76. The summed E-state index contributed by atoms with van der Waals surface area (Å²) in [7, 11) is -2.76. The van der Waals surface area contributed by atoms with E-state index in [1.165, 1.54) is 0 Å². The monoisotopic (exact) mass is 549 g/mol. The highest BCUT2D eigenvalue weighted by atomic mass is 32.2. The molecule has 7 nitrogen and oxygen atoms in total. The second-order valence-electron chi connectivity index (χ2n) is 10.5. The predicted molar refractivity (Wildman–Crippen MR) is 159 cm³/mol. The number of carbonyl (C=O) groups excluding carboxylic acids is 1. The third-order valence-corrected chi connectivity index (χ3v) is 10.8. The first kappa shape index (κ1) is 26.0. The number of hydrogen-bond donors (Lipinski definition) is 3. The molecule has 1 unspecified atom stereocenters. The topological polar surface area (TPSA) is 108 Å². The second-order valence-corrected chi connectivity index (χ2v) is 12.8. The van der Waals surface area contributed by atoms with Gasteiger partial charge in [-0.1, -0.05) is 32.3 Å². The molecule has 40 heavy (non-hydrogen) atoms. The van der Waals surface area contributed by atoms with Gasteiger partial charge >= 0.3 is 0 Å². The maximum atomic E-state index is 12.9. The molecule has 1 aliphatic carbocycles. The van der Waals surface area contributed by atoms with Crippen LogP contribution in [0.5, 0.6) is 0 Å². The average Bonchev–Trinajstić information content (AvgIpc) is 3.21. The Kier molecular flexibility index (Phi) is 6.55. The Balaban J connectivity index is 1.26. The SMILES string of the molecule is CCC1(CC)C(=O)Nc2cc(C#Cc3nccc4cnc(Nc5ccc(S(=N)(=O)C6CCC6)cc5)cc34)ccc21. The number of hydrogen-bond acceptors (Lipinski definition) is 6. The van der Waals surface area contributed by atoms with Gasteiger partial charge in [-0.2, -0.15) is 0 Å². The fourth-order valence-electron chi connectivity index (χ4n) is 5.61. The average molecular weight is 550 g/mol. The van der Waals surface area contributed by atoms with Gasteiger partial charge in [-0.25, -0.2) is 19.0 Å². The van der Waals surface area contributed by atoms with Crippen LogP contribution in [0.4, 0.5) is 17.2 Å². The van der Waals surface area contributed by atoms with Crippen LogP contribution in [-0.2, 0) is 19.9 Å². The summed E-state index contributed by atoms with van der Waals surface area (Å²) in [6.45, 7) is 4.10. The van der Waals surface area contributed by atoms with Gasteiger partial charge in [0.05, 0.1) is 15.1 Å². The Bertz CT molecular complexity index is 1800. The van der Waals surface area contributed by atoms with Gasteiger partial charge in [0.1, 0.15) is 11.5 Å². The molecular formula is C32H31N5O2S. The molecule has 0 bridgehead atoms. The van der Waals surface area contributed by atoms with E-state index in [0.29, 0.717) is 16.4 Å². The van der Waals surface area contributed by atoms with E-state index in [2.05, 4.69) is 46.3 Å². The Morgan fingerprint density at radius 1 is 1.05 bits per heavy atom. The van der Waals surface area contributed by atoms with Crippen LogP contribution in [0, 0.1) is 16.6 Å². The third kappa shape index (κ3) is 4.40. The van der Waals surface area contributed by atoms with Crippen LogP contribution < -0.4 is 10.6 Å². The van der Waals surface area contributed by atoms with Gasteiger partial charge in [0, 0.05) is 50.2 Å². The molecule has 0 spiro atoms. The quantitative estimate of drug-likeness (QED) is 0.231. The summed E-state index contributed by atoms with van der Waals surface area (Å²) < 4.78 is 21.3. The number of anilines is 3. The molecule has 4 aromatic rings. The lowest BCUT2D eigenvalue weighted by Crippen LogP contribution is -2.32. The van der Waals surface area contributed by atoms with Gasteiger partial charge in [-0.15, -0.1) is 0 Å². The molecule has 2 aliphatic rings. The lowest BCUT2D eigenvalue weighted by atomic mass is 9.77. The van der Waals surface area contributed by atoms with Crippen molar-refractivity contribution in [2.75, 3.05) is 10.6 Å². The van der Waals surface area contributed by atoms with Crippen molar-refractivity contribution in [3.05, 3.63) is 83.8 Å². The first-order chi connectivity index (χ1) is 19.3. The molecule has 202 valence electrons. The molecule has 3 N–H and O–H groups in total. The maximum Gasteiger partial charge on any atom is 0.235 e. The largest absolute Gasteiger partial charge is 0.340 e. The Morgan fingerprint density at radius 2 is 1.82 bits per heavy atom. The molecule has 1 saturated carbocycles. The van der Waals surface area contributed by atoms with Crippen LogP contribution in [0.1, 0.15) is 62.8 Å². The zero-order valence-corrected chi connectivity index (χ0v) is 23.4. The van der Waals surface area contributed by atoms with Crippen LogP contribution >= 0.6 is 0 Å². The number of carbonyl (C=O) groups is 1. The van der Waals surface area contributed by atoms with Crippen molar-refractivity contribution in [3.8, 4) is 11.8 Å². The highest BCUT2D eigenvalue weighted by molar-refractivity contribution is 7.93. The molecule has 2 aromatic heterocycles. The summed E-state index contributed by atoms with van der Waals surface area (Å²) in [5.41, 5.74) is 3.65. The van der Waals surface area contributed by atoms with Crippen molar-refractivity contribution < 1.29 is 9.00 Å². The van der Waals surface area contributed by atoms with Gasteiger partial charge < -0.3 is 10.6 Å². The van der Waals surface area contributed by atoms with Crippen LogP contribution in [0.25, 0.3) is 10.8 Å². The minimum absolute atomic E-state index is 0.0303. The number of fused-ring (bicyclic) bond motifs is 2. The van der Waals surface area contributed by atoms with E-state index in [1.807, 2.05) is 42.5 Å². The zero-order valence-electron chi connectivity index (χ0n) is 22.6. The number of benzene rings is 2. The molecular weight excluding hydrogens is 518 g/mol. The second kappa shape index (κ2) is 10.1. The van der Waals surface area contributed by atoms with Gasteiger partial charge in [-0.05, 0) is 85.7 Å². The molecule has 6 rings (SSSR count). The summed E-state index contributed by atoms with van der Waals surface area (Å²) in [6.07, 6.45) is 7.80. The van der Waals surface area contributed by atoms with Crippen LogP contribution in [0.15, 0.2) is 71.9 Å². The summed E-state index contributed by atoms with van der Waals surface area (Å²) in [6, 6.07) is 17.0. The highest BCUT2D eigenvalue weighted by Crippen LogP contribution is 2.43. The molecule has 0 radical (unpaired) electrons. The molecule has 1 fully saturated rings. The van der Waals surface area contributed by atoms with Gasteiger partial charge in [0.2, 0.25) is 5.91 Å². The van der Waals surface area contributed by atoms with E-state index in [0.717, 1.165) is 65.4 Å². The normalized spacial score (nSPS) is 17.2. The van der Waals surface area contributed by atoms with E-state index in [1.54, 1.807) is 24.5 Å². The predicted octanol–water partition coefficient (Wildman–Crippen LogP) is 6.74. The van der Waals surface area contributed by atoms with Crippen LogP contribution in [0.2, 0.25) is 0 Å². The van der Waals surface area contributed by atoms with Crippen molar-refractivity contribution in [1.82, 2.24) is 9.97 Å². The van der Waals surface area contributed by atoms with E-state index in [4.69, 9.17) is 4.78 Å². The van der Waals surface area contributed by atoms with E-state index >= 15 is 0 Å². The summed E-state index contributed by atoms with van der Waals surface area (Å²) in [5.74, 6) is 7.12. The van der Waals surface area contributed by atoms with E-state index in [9.17, 15) is 9.00 Å². The summed E-state index contributed by atoms with van der Waals surface area (Å²) in [5, 5.41) is 8.11. The van der Waals surface area contributed by atoms with Gasteiger partial charge in [0.25, 0.3) is 0 Å². The van der Waals surface area contributed by atoms with Gasteiger partial charge in [-0.3, -0.25) is 4.79 Å². The highest BCUT2D eigenvalue weighted by Gasteiger charge is 2.43. The fourth-order valence-corrected chi connectivity index (χ4v) is 7.53. The number of amides is 1.